The number of aryl methyl sites for hydroxylation is 1. The highest BCUT2D eigenvalue weighted by atomic mass is 16.5. The first-order valence-electron chi connectivity index (χ1n) is 12.6. The topological polar surface area (TPSA) is 117 Å². The Morgan fingerprint density at radius 1 is 0.865 bits per heavy atom. The normalized spacial score (nSPS) is 17.0. The van der Waals surface area contributed by atoms with Crippen LogP contribution in [0.2, 0.25) is 0 Å². The molecule has 1 saturated carbocycles. The minimum atomic E-state index is -0.359. The lowest BCUT2D eigenvalue weighted by Gasteiger charge is -2.26. The van der Waals surface area contributed by atoms with Gasteiger partial charge in [0.2, 0.25) is 0 Å². The molecule has 0 heterocycles. The molecule has 7 nitrogen and oxygen atoms in total. The lowest BCUT2D eigenvalue weighted by Crippen LogP contribution is -2.28. The number of ether oxygens (including phenoxy) is 2. The van der Waals surface area contributed by atoms with Gasteiger partial charge in [0.25, 0.3) is 0 Å². The highest BCUT2D eigenvalue weighted by Crippen LogP contribution is 2.31. The molecule has 0 unspecified atom stereocenters. The number of rotatable bonds is 8. The summed E-state index contributed by atoms with van der Waals surface area (Å²) in [6, 6.07) is 22.5. The third-order valence-corrected chi connectivity index (χ3v) is 6.86. The van der Waals surface area contributed by atoms with Crippen molar-refractivity contribution in [3.8, 4) is 16.9 Å². The number of guanidine groups is 1. The summed E-state index contributed by atoms with van der Waals surface area (Å²) in [6.45, 7) is 2.85. The van der Waals surface area contributed by atoms with Gasteiger partial charge in [0, 0.05) is 6.54 Å². The second-order valence-electron chi connectivity index (χ2n) is 9.51. The number of benzene rings is 3. The fraction of sp³-hybridized carbons (Fsp3) is 0.300. The molecule has 0 saturated heterocycles. The zero-order valence-corrected chi connectivity index (χ0v) is 21.1. The lowest BCUT2D eigenvalue weighted by atomic mass is 9.82. The summed E-state index contributed by atoms with van der Waals surface area (Å²) >= 11 is 0. The SMILES string of the molecule is Cc1ccccc1COC(=O)c1ccc(-c2ccc(OC(=O)C3CCC(CN=C(N)N)CC3)cc2)cc1. The minimum absolute atomic E-state index is 0.103. The Bertz CT molecular complexity index is 1240. The van der Waals surface area contributed by atoms with Gasteiger partial charge < -0.3 is 20.9 Å². The van der Waals surface area contributed by atoms with E-state index in [1.165, 1.54) is 0 Å². The van der Waals surface area contributed by atoms with E-state index in [4.69, 9.17) is 20.9 Å². The van der Waals surface area contributed by atoms with Gasteiger partial charge in [-0.25, -0.2) is 4.79 Å². The summed E-state index contributed by atoms with van der Waals surface area (Å²) < 4.78 is 11.1. The van der Waals surface area contributed by atoms with E-state index in [0.29, 0.717) is 23.8 Å². The molecule has 0 radical (unpaired) electrons. The maximum Gasteiger partial charge on any atom is 0.338 e. The van der Waals surface area contributed by atoms with E-state index < -0.39 is 0 Å². The Kier molecular flexibility index (Phi) is 8.56. The second-order valence-corrected chi connectivity index (χ2v) is 9.51. The molecule has 1 aliphatic carbocycles. The molecule has 0 bridgehead atoms. The van der Waals surface area contributed by atoms with E-state index in [1.54, 1.807) is 24.3 Å². The summed E-state index contributed by atoms with van der Waals surface area (Å²) in [5.74, 6) is 0.383. The van der Waals surface area contributed by atoms with Crippen molar-refractivity contribution >= 4 is 17.9 Å². The monoisotopic (exact) mass is 499 g/mol. The molecule has 0 aliphatic heterocycles. The average molecular weight is 500 g/mol. The molecule has 192 valence electrons. The van der Waals surface area contributed by atoms with Gasteiger partial charge in [0.1, 0.15) is 12.4 Å². The van der Waals surface area contributed by atoms with Crippen molar-refractivity contribution in [1.82, 2.24) is 0 Å². The molecule has 37 heavy (non-hydrogen) atoms. The van der Waals surface area contributed by atoms with Gasteiger partial charge in [-0.2, -0.15) is 0 Å². The van der Waals surface area contributed by atoms with E-state index in [9.17, 15) is 9.59 Å². The second kappa shape index (κ2) is 12.2. The number of carbonyl (C=O) groups excluding carboxylic acids is 2. The van der Waals surface area contributed by atoms with Crippen molar-refractivity contribution in [1.29, 1.82) is 0 Å². The fourth-order valence-corrected chi connectivity index (χ4v) is 4.53. The van der Waals surface area contributed by atoms with Crippen molar-refractivity contribution < 1.29 is 19.1 Å². The molecular formula is C30H33N3O4. The van der Waals surface area contributed by atoms with Crippen molar-refractivity contribution in [3.63, 3.8) is 0 Å². The molecule has 0 aromatic heterocycles. The molecule has 4 rings (SSSR count). The van der Waals surface area contributed by atoms with Crippen LogP contribution in [0.3, 0.4) is 0 Å². The first-order valence-corrected chi connectivity index (χ1v) is 12.6. The van der Waals surface area contributed by atoms with Crippen LogP contribution >= 0.6 is 0 Å². The molecule has 3 aromatic carbocycles. The third-order valence-electron chi connectivity index (χ3n) is 6.86. The van der Waals surface area contributed by atoms with E-state index in [-0.39, 0.29) is 30.4 Å². The van der Waals surface area contributed by atoms with Gasteiger partial charge in [-0.15, -0.1) is 0 Å². The van der Waals surface area contributed by atoms with Crippen LogP contribution in [0.4, 0.5) is 0 Å². The van der Waals surface area contributed by atoms with Gasteiger partial charge in [-0.1, -0.05) is 48.5 Å². The summed E-state index contributed by atoms with van der Waals surface area (Å²) in [5.41, 5.74) is 15.3. The number of nitrogens with zero attached hydrogens (tertiary/aromatic N) is 1. The van der Waals surface area contributed by atoms with Crippen molar-refractivity contribution in [3.05, 3.63) is 89.5 Å². The van der Waals surface area contributed by atoms with Crippen LogP contribution in [0.15, 0.2) is 77.8 Å². The lowest BCUT2D eigenvalue weighted by molar-refractivity contribution is -0.140. The predicted octanol–water partition coefficient (Wildman–Crippen LogP) is 5.00. The molecular weight excluding hydrogens is 466 g/mol. The Hall–Kier alpha value is -4.13. The zero-order chi connectivity index (χ0) is 26.2. The van der Waals surface area contributed by atoms with Crippen LogP contribution in [0.5, 0.6) is 5.75 Å². The predicted molar refractivity (Wildman–Crippen MR) is 144 cm³/mol. The Labute approximate surface area is 217 Å². The maximum absolute atomic E-state index is 12.6. The number of hydrogen-bond acceptors (Lipinski definition) is 5. The molecule has 0 spiro atoms. The van der Waals surface area contributed by atoms with Gasteiger partial charge in [0.15, 0.2) is 5.96 Å². The van der Waals surface area contributed by atoms with Crippen molar-refractivity contribution in [2.24, 2.45) is 28.3 Å². The highest BCUT2D eigenvalue weighted by molar-refractivity contribution is 5.90. The molecule has 0 amide bonds. The van der Waals surface area contributed by atoms with Crippen LogP contribution in [0.1, 0.15) is 47.2 Å². The zero-order valence-electron chi connectivity index (χ0n) is 21.1. The summed E-state index contributed by atoms with van der Waals surface area (Å²) in [4.78, 5) is 29.2. The fourth-order valence-electron chi connectivity index (χ4n) is 4.53. The summed E-state index contributed by atoms with van der Waals surface area (Å²) in [7, 11) is 0. The average Bonchev–Trinajstić information content (AvgIpc) is 2.92. The Morgan fingerprint density at radius 3 is 2.11 bits per heavy atom. The summed E-state index contributed by atoms with van der Waals surface area (Å²) in [5, 5.41) is 0. The van der Waals surface area contributed by atoms with E-state index in [2.05, 4.69) is 4.99 Å². The maximum atomic E-state index is 12.6. The molecule has 4 N–H and O–H groups in total. The molecule has 1 aliphatic rings. The Balaban J connectivity index is 1.28. The molecule has 7 heteroatoms. The first-order chi connectivity index (χ1) is 17.9. The van der Waals surface area contributed by atoms with Crippen LogP contribution in [0.25, 0.3) is 11.1 Å². The number of nitrogens with two attached hydrogens (primary N) is 2. The van der Waals surface area contributed by atoms with Gasteiger partial charge in [-0.3, -0.25) is 9.79 Å². The van der Waals surface area contributed by atoms with E-state index in [0.717, 1.165) is 47.9 Å². The highest BCUT2D eigenvalue weighted by Gasteiger charge is 2.27. The number of hydrogen-bond donors (Lipinski definition) is 2. The largest absolute Gasteiger partial charge is 0.457 e. The standard InChI is InChI=1S/C30H33N3O4/c1-20-4-2-3-5-26(20)19-36-28(34)24-12-10-22(11-13-24)23-14-16-27(17-15-23)37-29(35)25-8-6-21(7-9-25)18-33-30(31)32/h2-5,10-17,21,25H,6-9,18-19H2,1H3,(H4,31,32,33). The Morgan fingerprint density at radius 2 is 1.49 bits per heavy atom. The van der Waals surface area contributed by atoms with Crippen molar-refractivity contribution in [2.45, 2.75) is 39.2 Å². The quantitative estimate of drug-likeness (QED) is 0.195. The van der Waals surface area contributed by atoms with Crippen LogP contribution in [-0.2, 0) is 16.1 Å². The third kappa shape index (κ3) is 7.19. The van der Waals surface area contributed by atoms with Gasteiger partial charge >= 0.3 is 11.9 Å². The van der Waals surface area contributed by atoms with Crippen LogP contribution in [-0.4, -0.2) is 24.4 Å². The van der Waals surface area contributed by atoms with E-state index in [1.807, 2.05) is 55.5 Å². The number of aliphatic imine (C=N–C) groups is 1. The van der Waals surface area contributed by atoms with E-state index >= 15 is 0 Å². The van der Waals surface area contributed by atoms with Crippen molar-refractivity contribution in [2.75, 3.05) is 6.54 Å². The first kappa shape index (κ1) is 25.9. The molecule has 0 atom stereocenters. The minimum Gasteiger partial charge on any atom is -0.457 e. The summed E-state index contributed by atoms with van der Waals surface area (Å²) in [6.07, 6.45) is 3.37. The van der Waals surface area contributed by atoms with Crippen LogP contribution < -0.4 is 16.2 Å². The number of carbonyl (C=O) groups is 2. The molecule has 1 fully saturated rings. The van der Waals surface area contributed by atoms with Gasteiger partial charge in [0.05, 0.1) is 11.5 Å². The van der Waals surface area contributed by atoms with Crippen LogP contribution in [0, 0.1) is 18.8 Å². The molecule has 3 aromatic rings. The van der Waals surface area contributed by atoms with Gasteiger partial charge in [-0.05, 0) is 85.0 Å². The smallest absolute Gasteiger partial charge is 0.338 e. The number of esters is 2.